The fourth-order valence-corrected chi connectivity index (χ4v) is 1.59. The molecule has 4 heteroatoms. The van der Waals surface area contributed by atoms with Crippen LogP contribution in [0.4, 0.5) is 0 Å². The monoisotopic (exact) mass is 203 g/mol. The summed E-state index contributed by atoms with van der Waals surface area (Å²) < 4.78 is 0. The van der Waals surface area contributed by atoms with Crippen LogP contribution in [0.3, 0.4) is 0 Å². The summed E-state index contributed by atoms with van der Waals surface area (Å²) in [6.45, 7) is 0. The normalized spacial score (nSPS) is 10.5. The Labute approximate surface area is 87.4 Å². The predicted molar refractivity (Wildman–Crippen MR) is 58.9 cm³/mol. The molecule has 1 heterocycles. The van der Waals surface area contributed by atoms with Crippen LogP contribution in [0.15, 0.2) is 30.3 Å². The van der Waals surface area contributed by atoms with Gasteiger partial charge in [0, 0.05) is 17.6 Å². The van der Waals surface area contributed by atoms with E-state index in [1.54, 1.807) is 0 Å². The summed E-state index contributed by atoms with van der Waals surface area (Å²) in [7, 11) is 0. The Morgan fingerprint density at radius 2 is 2.20 bits per heavy atom. The van der Waals surface area contributed by atoms with E-state index < -0.39 is 0 Å². The standard InChI is InChI=1S/C11H13N3O/c12-14-11(15)6-5-9-7-8-3-1-2-4-10(8)13-9/h1-4,7,13H,5-6,12H2,(H,14,15). The fourth-order valence-electron chi connectivity index (χ4n) is 1.59. The molecule has 0 aliphatic heterocycles. The van der Waals surface area contributed by atoms with Crippen LogP contribution in [-0.4, -0.2) is 10.9 Å². The van der Waals surface area contributed by atoms with E-state index in [9.17, 15) is 4.79 Å². The summed E-state index contributed by atoms with van der Waals surface area (Å²) in [5, 5.41) is 1.17. The number of amides is 1. The maximum Gasteiger partial charge on any atom is 0.234 e. The van der Waals surface area contributed by atoms with Gasteiger partial charge in [0.15, 0.2) is 0 Å². The zero-order chi connectivity index (χ0) is 10.7. The number of nitrogens with two attached hydrogens (primary N) is 1. The van der Waals surface area contributed by atoms with Gasteiger partial charge in [-0.2, -0.15) is 0 Å². The molecule has 15 heavy (non-hydrogen) atoms. The van der Waals surface area contributed by atoms with Crippen LogP contribution in [0, 0.1) is 0 Å². The molecule has 0 aliphatic rings. The van der Waals surface area contributed by atoms with Gasteiger partial charge in [-0.1, -0.05) is 18.2 Å². The van der Waals surface area contributed by atoms with Gasteiger partial charge in [0.1, 0.15) is 0 Å². The van der Waals surface area contributed by atoms with Crippen LogP contribution < -0.4 is 11.3 Å². The lowest BCUT2D eigenvalue weighted by molar-refractivity contribution is -0.121. The quantitative estimate of drug-likeness (QED) is 0.397. The number of fused-ring (bicyclic) bond motifs is 1. The van der Waals surface area contributed by atoms with Gasteiger partial charge >= 0.3 is 0 Å². The minimum atomic E-state index is -0.145. The number of hydrogen-bond acceptors (Lipinski definition) is 2. The molecule has 4 nitrogen and oxygen atoms in total. The number of carbonyl (C=O) groups is 1. The molecular weight excluding hydrogens is 190 g/mol. The minimum absolute atomic E-state index is 0.145. The lowest BCUT2D eigenvalue weighted by atomic mass is 10.2. The van der Waals surface area contributed by atoms with Gasteiger partial charge in [0.2, 0.25) is 5.91 Å². The van der Waals surface area contributed by atoms with Crippen molar-refractivity contribution in [2.75, 3.05) is 0 Å². The van der Waals surface area contributed by atoms with Crippen molar-refractivity contribution in [1.29, 1.82) is 0 Å². The van der Waals surface area contributed by atoms with Gasteiger partial charge in [-0.3, -0.25) is 10.2 Å². The topological polar surface area (TPSA) is 70.9 Å². The number of H-pyrrole nitrogens is 1. The maximum atomic E-state index is 11.0. The van der Waals surface area contributed by atoms with Gasteiger partial charge in [-0.05, 0) is 23.9 Å². The first kappa shape index (κ1) is 9.73. The van der Waals surface area contributed by atoms with Crippen molar-refractivity contribution in [1.82, 2.24) is 10.4 Å². The molecule has 2 aromatic rings. The number of aryl methyl sites for hydroxylation is 1. The summed E-state index contributed by atoms with van der Waals surface area (Å²) in [5.41, 5.74) is 4.27. The summed E-state index contributed by atoms with van der Waals surface area (Å²) in [4.78, 5) is 14.2. The van der Waals surface area contributed by atoms with E-state index in [0.717, 1.165) is 11.2 Å². The van der Waals surface area contributed by atoms with Crippen LogP contribution in [0.25, 0.3) is 10.9 Å². The van der Waals surface area contributed by atoms with E-state index in [1.165, 1.54) is 5.39 Å². The predicted octanol–water partition coefficient (Wildman–Crippen LogP) is 1.09. The smallest absolute Gasteiger partial charge is 0.234 e. The van der Waals surface area contributed by atoms with Crippen molar-refractivity contribution in [3.63, 3.8) is 0 Å². The number of para-hydroxylation sites is 1. The zero-order valence-electron chi connectivity index (χ0n) is 8.29. The van der Waals surface area contributed by atoms with Crippen molar-refractivity contribution in [3.8, 4) is 0 Å². The molecule has 0 unspecified atom stereocenters. The van der Waals surface area contributed by atoms with E-state index in [4.69, 9.17) is 5.84 Å². The van der Waals surface area contributed by atoms with Gasteiger partial charge in [0.05, 0.1) is 0 Å². The van der Waals surface area contributed by atoms with E-state index in [2.05, 4.69) is 16.5 Å². The summed E-state index contributed by atoms with van der Waals surface area (Å²) in [6.07, 6.45) is 1.08. The molecule has 1 aromatic heterocycles. The van der Waals surface area contributed by atoms with Crippen LogP contribution in [-0.2, 0) is 11.2 Å². The molecule has 0 fully saturated rings. The number of hydrazine groups is 1. The van der Waals surface area contributed by atoms with Crippen molar-refractivity contribution in [2.45, 2.75) is 12.8 Å². The molecule has 0 saturated carbocycles. The molecule has 1 aromatic carbocycles. The average molecular weight is 203 g/mol. The van der Waals surface area contributed by atoms with Crippen molar-refractivity contribution in [2.24, 2.45) is 5.84 Å². The molecule has 1 amide bonds. The summed E-state index contributed by atoms with van der Waals surface area (Å²) in [6, 6.07) is 10.1. The van der Waals surface area contributed by atoms with E-state index in [1.807, 2.05) is 24.3 Å². The molecule has 0 saturated heterocycles. The average Bonchev–Trinajstić information content (AvgIpc) is 2.68. The lowest BCUT2D eigenvalue weighted by Gasteiger charge is -1.96. The first-order chi connectivity index (χ1) is 7.29. The van der Waals surface area contributed by atoms with E-state index >= 15 is 0 Å². The van der Waals surface area contributed by atoms with Gasteiger partial charge in [-0.25, -0.2) is 5.84 Å². The molecule has 0 radical (unpaired) electrons. The Morgan fingerprint density at radius 3 is 2.93 bits per heavy atom. The number of hydrogen-bond donors (Lipinski definition) is 3. The molecule has 4 N–H and O–H groups in total. The van der Waals surface area contributed by atoms with Gasteiger partial charge < -0.3 is 4.98 Å². The molecule has 0 aliphatic carbocycles. The molecular formula is C11H13N3O. The SMILES string of the molecule is NNC(=O)CCc1cc2ccccc2[nH]1. The second-order valence-electron chi connectivity index (χ2n) is 3.45. The Hall–Kier alpha value is -1.81. The molecule has 0 spiro atoms. The second kappa shape index (κ2) is 4.14. The Bertz CT molecular complexity index is 442. The van der Waals surface area contributed by atoms with Crippen LogP contribution >= 0.6 is 0 Å². The minimum Gasteiger partial charge on any atom is -0.358 e. The summed E-state index contributed by atoms with van der Waals surface area (Å²) >= 11 is 0. The molecule has 78 valence electrons. The Morgan fingerprint density at radius 1 is 1.40 bits per heavy atom. The lowest BCUT2D eigenvalue weighted by Crippen LogP contribution is -2.30. The molecule has 0 bridgehead atoms. The number of nitrogens with one attached hydrogen (secondary N) is 2. The molecule has 0 atom stereocenters. The summed E-state index contributed by atoms with van der Waals surface area (Å²) in [5.74, 6) is 4.86. The number of carbonyl (C=O) groups excluding carboxylic acids is 1. The second-order valence-corrected chi connectivity index (χ2v) is 3.45. The first-order valence-corrected chi connectivity index (χ1v) is 4.85. The molecule has 2 rings (SSSR count). The maximum absolute atomic E-state index is 11.0. The first-order valence-electron chi connectivity index (χ1n) is 4.85. The third-order valence-corrected chi connectivity index (χ3v) is 2.37. The van der Waals surface area contributed by atoms with Gasteiger partial charge in [-0.15, -0.1) is 0 Å². The zero-order valence-corrected chi connectivity index (χ0v) is 8.29. The number of aromatic amines is 1. The number of rotatable bonds is 3. The highest BCUT2D eigenvalue weighted by Crippen LogP contribution is 2.15. The highest BCUT2D eigenvalue weighted by Gasteiger charge is 2.02. The van der Waals surface area contributed by atoms with E-state index in [-0.39, 0.29) is 5.91 Å². The van der Waals surface area contributed by atoms with Crippen LogP contribution in [0.1, 0.15) is 12.1 Å². The Kier molecular flexibility index (Phi) is 2.69. The van der Waals surface area contributed by atoms with Crippen molar-refractivity contribution >= 4 is 16.8 Å². The largest absolute Gasteiger partial charge is 0.358 e. The van der Waals surface area contributed by atoms with Crippen molar-refractivity contribution < 1.29 is 4.79 Å². The Balaban J connectivity index is 2.12. The van der Waals surface area contributed by atoms with Gasteiger partial charge in [0.25, 0.3) is 0 Å². The van der Waals surface area contributed by atoms with Crippen molar-refractivity contribution in [3.05, 3.63) is 36.0 Å². The fraction of sp³-hybridized carbons (Fsp3) is 0.182. The third kappa shape index (κ3) is 2.16. The van der Waals surface area contributed by atoms with Crippen LogP contribution in [0.5, 0.6) is 0 Å². The number of benzene rings is 1. The number of aromatic nitrogens is 1. The highest BCUT2D eigenvalue weighted by atomic mass is 16.2. The van der Waals surface area contributed by atoms with Crippen LogP contribution in [0.2, 0.25) is 0 Å². The highest BCUT2D eigenvalue weighted by molar-refractivity contribution is 5.80. The third-order valence-electron chi connectivity index (χ3n) is 2.37. The van der Waals surface area contributed by atoms with E-state index in [0.29, 0.717) is 12.8 Å².